The summed E-state index contributed by atoms with van der Waals surface area (Å²) in [4.78, 5) is 27.7. The number of para-hydroxylation sites is 2. The predicted molar refractivity (Wildman–Crippen MR) is 141 cm³/mol. The topological polar surface area (TPSA) is 99.5 Å². The Kier molecular flexibility index (Phi) is 9.01. The number of nitrogen functional groups attached to an aromatic ring is 1. The van der Waals surface area contributed by atoms with E-state index in [1.54, 1.807) is 12.1 Å². The molecule has 0 bridgehead atoms. The maximum atomic E-state index is 13.1. The molecule has 35 heavy (non-hydrogen) atoms. The third-order valence-corrected chi connectivity index (χ3v) is 7.27. The van der Waals surface area contributed by atoms with Gasteiger partial charge in [0, 0.05) is 24.7 Å². The molecule has 7 heteroatoms. The molecular formula is C28H39N5O2. The van der Waals surface area contributed by atoms with E-state index >= 15 is 0 Å². The van der Waals surface area contributed by atoms with Crippen molar-refractivity contribution in [3.63, 3.8) is 0 Å². The number of nitrogens with zero attached hydrogens (tertiary/aromatic N) is 1. The molecule has 1 heterocycles. The largest absolute Gasteiger partial charge is 0.397 e. The zero-order valence-electron chi connectivity index (χ0n) is 20.6. The lowest BCUT2D eigenvalue weighted by Gasteiger charge is -2.27. The van der Waals surface area contributed by atoms with Gasteiger partial charge in [-0.2, -0.15) is 0 Å². The molecule has 0 atom stereocenters. The van der Waals surface area contributed by atoms with Crippen LogP contribution < -0.4 is 21.7 Å². The van der Waals surface area contributed by atoms with Crippen molar-refractivity contribution in [2.45, 2.75) is 64.0 Å². The Bertz CT molecular complexity index is 966. The van der Waals surface area contributed by atoms with E-state index in [0.717, 1.165) is 56.8 Å². The molecule has 1 saturated carbocycles. The maximum Gasteiger partial charge on any atom is 0.317 e. The fraction of sp³-hybridized carbons (Fsp3) is 0.500. The number of hydrogen-bond acceptors (Lipinski definition) is 4. The van der Waals surface area contributed by atoms with Gasteiger partial charge in [-0.15, -0.1) is 0 Å². The molecule has 5 N–H and O–H groups in total. The molecule has 0 spiro atoms. The second kappa shape index (κ2) is 12.6. The summed E-state index contributed by atoms with van der Waals surface area (Å²) in [7, 11) is 0. The van der Waals surface area contributed by atoms with Crippen LogP contribution in [0.3, 0.4) is 0 Å². The highest BCUT2D eigenvalue weighted by Crippen LogP contribution is 2.21. The van der Waals surface area contributed by atoms with Crippen LogP contribution in [0.1, 0.15) is 67.3 Å². The number of amides is 3. The first kappa shape index (κ1) is 25.0. The van der Waals surface area contributed by atoms with E-state index in [4.69, 9.17) is 5.73 Å². The fourth-order valence-corrected chi connectivity index (χ4v) is 5.12. The summed E-state index contributed by atoms with van der Waals surface area (Å²) in [5.74, 6) is 0.555. The maximum absolute atomic E-state index is 13.1. The lowest BCUT2D eigenvalue weighted by molar-refractivity contribution is 0.102. The summed E-state index contributed by atoms with van der Waals surface area (Å²) in [6.07, 6.45) is 9.17. The standard InChI is InChI=1S/C28H39N5O2/c29-25-9-3-4-10-26(25)32-27(34)23-13-11-22(12-14-23)20-33(28(35)31-24-7-1-2-8-24)19-5-6-21-15-17-30-18-16-21/h3-4,9-14,21,24,30H,1-2,5-8,15-20,29H2,(H,31,35)(H,32,34). The lowest BCUT2D eigenvalue weighted by Crippen LogP contribution is -2.44. The Morgan fingerprint density at radius 2 is 1.69 bits per heavy atom. The zero-order chi connectivity index (χ0) is 24.5. The van der Waals surface area contributed by atoms with E-state index in [2.05, 4.69) is 16.0 Å². The van der Waals surface area contributed by atoms with Gasteiger partial charge in [0.25, 0.3) is 5.91 Å². The van der Waals surface area contributed by atoms with Crippen LogP contribution in [0.5, 0.6) is 0 Å². The van der Waals surface area contributed by atoms with E-state index in [1.807, 2.05) is 41.3 Å². The minimum atomic E-state index is -0.202. The number of urea groups is 1. The summed E-state index contributed by atoms with van der Waals surface area (Å²) in [5.41, 5.74) is 8.65. The normalized spacial score (nSPS) is 16.7. The van der Waals surface area contributed by atoms with E-state index in [1.165, 1.54) is 25.7 Å². The third kappa shape index (κ3) is 7.46. The Balaban J connectivity index is 1.35. The molecule has 1 saturated heterocycles. The van der Waals surface area contributed by atoms with Gasteiger partial charge >= 0.3 is 6.03 Å². The van der Waals surface area contributed by atoms with E-state index < -0.39 is 0 Å². The monoisotopic (exact) mass is 477 g/mol. The van der Waals surface area contributed by atoms with Gasteiger partial charge in [-0.3, -0.25) is 4.79 Å². The molecule has 7 nitrogen and oxygen atoms in total. The first-order chi connectivity index (χ1) is 17.1. The van der Waals surface area contributed by atoms with Gasteiger partial charge in [0.2, 0.25) is 0 Å². The van der Waals surface area contributed by atoms with Gasteiger partial charge in [-0.25, -0.2) is 4.79 Å². The van der Waals surface area contributed by atoms with Gasteiger partial charge in [0.1, 0.15) is 0 Å². The Morgan fingerprint density at radius 3 is 2.40 bits per heavy atom. The van der Waals surface area contributed by atoms with Gasteiger partial charge < -0.3 is 26.6 Å². The fourth-order valence-electron chi connectivity index (χ4n) is 5.12. The van der Waals surface area contributed by atoms with Crippen LogP contribution in [0.2, 0.25) is 0 Å². The molecule has 2 aromatic rings. The lowest BCUT2D eigenvalue weighted by atomic mass is 9.93. The SMILES string of the molecule is Nc1ccccc1NC(=O)c1ccc(CN(CCCC2CCNCC2)C(=O)NC2CCCC2)cc1. The van der Waals surface area contributed by atoms with Gasteiger partial charge in [0.15, 0.2) is 0 Å². The summed E-state index contributed by atoms with van der Waals surface area (Å²) < 4.78 is 0. The number of carbonyl (C=O) groups excluding carboxylic acids is 2. The highest BCUT2D eigenvalue weighted by molar-refractivity contribution is 6.05. The van der Waals surface area contributed by atoms with E-state index in [0.29, 0.717) is 29.5 Å². The predicted octanol–water partition coefficient (Wildman–Crippen LogP) is 4.76. The molecule has 188 valence electrons. The summed E-state index contributed by atoms with van der Waals surface area (Å²) in [6, 6.07) is 15.0. The number of nitrogens with two attached hydrogens (primary N) is 1. The minimum absolute atomic E-state index is 0.0311. The molecule has 0 radical (unpaired) electrons. The average molecular weight is 478 g/mol. The molecule has 1 aliphatic carbocycles. The van der Waals surface area contributed by atoms with Gasteiger partial charge in [-0.1, -0.05) is 37.1 Å². The van der Waals surface area contributed by atoms with Crippen LogP contribution in [0.25, 0.3) is 0 Å². The van der Waals surface area contributed by atoms with Crippen LogP contribution in [0.4, 0.5) is 16.2 Å². The molecule has 1 aliphatic heterocycles. The number of carbonyl (C=O) groups is 2. The highest BCUT2D eigenvalue weighted by Gasteiger charge is 2.22. The molecule has 2 aromatic carbocycles. The van der Waals surface area contributed by atoms with Crippen molar-refractivity contribution in [1.29, 1.82) is 0 Å². The van der Waals surface area contributed by atoms with E-state index in [9.17, 15) is 9.59 Å². The van der Waals surface area contributed by atoms with Crippen LogP contribution >= 0.6 is 0 Å². The number of piperidine rings is 1. The van der Waals surface area contributed by atoms with Crippen molar-refractivity contribution < 1.29 is 9.59 Å². The molecule has 0 aromatic heterocycles. The Hall–Kier alpha value is -3.06. The number of nitrogens with one attached hydrogen (secondary N) is 3. The van der Waals surface area contributed by atoms with Gasteiger partial charge in [0.05, 0.1) is 11.4 Å². The molecule has 4 rings (SSSR count). The first-order valence-corrected chi connectivity index (χ1v) is 13.1. The molecular weight excluding hydrogens is 438 g/mol. The average Bonchev–Trinajstić information content (AvgIpc) is 3.39. The number of hydrogen-bond donors (Lipinski definition) is 4. The smallest absolute Gasteiger partial charge is 0.317 e. The zero-order valence-corrected chi connectivity index (χ0v) is 20.6. The van der Waals surface area contributed by atoms with E-state index in [-0.39, 0.29) is 11.9 Å². The number of benzene rings is 2. The van der Waals surface area contributed by atoms with Crippen molar-refractivity contribution in [1.82, 2.24) is 15.5 Å². The molecule has 3 amide bonds. The quantitative estimate of drug-likeness (QED) is 0.392. The second-order valence-corrected chi connectivity index (χ2v) is 9.93. The number of rotatable bonds is 9. The molecule has 2 aliphatic rings. The number of anilines is 2. The minimum Gasteiger partial charge on any atom is -0.397 e. The van der Waals surface area contributed by atoms with Crippen molar-refractivity contribution in [3.05, 3.63) is 59.7 Å². The van der Waals surface area contributed by atoms with Crippen molar-refractivity contribution in [2.24, 2.45) is 5.92 Å². The third-order valence-electron chi connectivity index (χ3n) is 7.27. The van der Waals surface area contributed by atoms with Crippen molar-refractivity contribution >= 4 is 23.3 Å². The van der Waals surface area contributed by atoms with Crippen LogP contribution in [-0.2, 0) is 6.54 Å². The van der Waals surface area contributed by atoms with Crippen LogP contribution in [0, 0.1) is 5.92 Å². The van der Waals surface area contributed by atoms with Gasteiger partial charge in [-0.05, 0) is 87.4 Å². The Labute approximate surface area is 208 Å². The summed E-state index contributed by atoms with van der Waals surface area (Å²) in [6.45, 7) is 3.50. The Morgan fingerprint density at radius 1 is 0.971 bits per heavy atom. The summed E-state index contributed by atoms with van der Waals surface area (Å²) >= 11 is 0. The first-order valence-electron chi connectivity index (χ1n) is 13.1. The second-order valence-electron chi connectivity index (χ2n) is 9.93. The van der Waals surface area contributed by atoms with Crippen LogP contribution in [-0.4, -0.2) is 42.5 Å². The van der Waals surface area contributed by atoms with Crippen molar-refractivity contribution in [3.8, 4) is 0 Å². The van der Waals surface area contributed by atoms with Crippen LogP contribution in [0.15, 0.2) is 48.5 Å². The molecule has 2 fully saturated rings. The summed E-state index contributed by atoms with van der Waals surface area (Å²) in [5, 5.41) is 9.54. The van der Waals surface area contributed by atoms with Crippen molar-refractivity contribution in [2.75, 3.05) is 30.7 Å². The highest BCUT2D eigenvalue weighted by atomic mass is 16.2. The molecule has 0 unspecified atom stereocenters.